The molecule has 330 valence electrons. The van der Waals surface area contributed by atoms with Crippen molar-refractivity contribution in [3.8, 4) is 45.9 Å². The molecule has 2 aromatic heterocycles. The number of rotatable bonds is 10. The molecule has 2 atom stereocenters. The molecule has 0 aliphatic carbocycles. The zero-order valence-corrected chi connectivity index (χ0v) is 36.8. The Labute approximate surface area is 391 Å². The Bertz CT molecular complexity index is 2690. The first kappa shape index (κ1) is 51.2. The number of alkyl halides is 1. The molecule has 8 aromatic rings. The largest absolute Gasteiger partial charge is 0.507 e. The van der Waals surface area contributed by atoms with Crippen LogP contribution in [0.2, 0.25) is 0 Å². The van der Waals surface area contributed by atoms with Crippen LogP contribution in [0.15, 0.2) is 151 Å². The Balaban J connectivity index is 0.000000266. The van der Waals surface area contributed by atoms with E-state index in [1.165, 1.54) is 14.2 Å². The van der Waals surface area contributed by atoms with Gasteiger partial charge in [-0.25, -0.2) is 14.8 Å². The molecule has 0 bridgehead atoms. The number of methoxy groups -OCH3 is 3. The molecule has 63 heavy (non-hydrogen) atoms. The van der Waals surface area contributed by atoms with Crippen LogP contribution in [0.4, 0.5) is 0 Å². The Morgan fingerprint density at radius 1 is 0.619 bits per heavy atom. The topological polar surface area (TPSA) is 164 Å². The van der Waals surface area contributed by atoms with Crippen molar-refractivity contribution in [3.63, 3.8) is 0 Å². The van der Waals surface area contributed by atoms with Crippen LogP contribution in [0.1, 0.15) is 44.3 Å². The van der Waals surface area contributed by atoms with Gasteiger partial charge in [0.15, 0.2) is 11.2 Å². The minimum atomic E-state index is -1.23. The lowest BCUT2D eigenvalue weighted by Crippen LogP contribution is -2.18. The number of benzene rings is 6. The van der Waals surface area contributed by atoms with E-state index in [9.17, 15) is 19.8 Å². The summed E-state index contributed by atoms with van der Waals surface area (Å²) in [6.07, 6.45) is -1.23. The van der Waals surface area contributed by atoms with Crippen molar-refractivity contribution >= 4 is 81.9 Å². The third-order valence-corrected chi connectivity index (χ3v) is 10.5. The van der Waals surface area contributed by atoms with E-state index in [-0.39, 0.29) is 34.0 Å². The van der Waals surface area contributed by atoms with E-state index in [1.807, 2.05) is 66.7 Å². The predicted molar refractivity (Wildman–Crippen MR) is 257 cm³/mol. The third kappa shape index (κ3) is 12.9. The fourth-order valence-electron chi connectivity index (χ4n) is 5.66. The number of fused-ring (bicyclic) bond motifs is 2. The molecule has 0 amide bonds. The lowest BCUT2D eigenvalue weighted by molar-refractivity contribution is -0.145. The molecule has 0 fully saturated rings. The number of aromatic hydroxyl groups is 1. The molecule has 0 saturated carbocycles. The highest BCUT2D eigenvalue weighted by atomic mass is 79.9. The van der Waals surface area contributed by atoms with Crippen LogP contribution in [0, 0.1) is 0 Å². The fourth-order valence-corrected chi connectivity index (χ4v) is 6.85. The molecule has 0 spiro atoms. The van der Waals surface area contributed by atoms with Crippen LogP contribution in [0.5, 0.6) is 23.0 Å². The SMILES string of the molecule is C.C.C.COC(=O)C(Br)c1cccc(OC)c1.COc1cccc(C(Oc2ccc(Br)cc2-c2nc3ccccc3o2)C(=O)O)c1.Oc1ccc(Br)cc1-c1nc2ccccc2o1. The molecule has 8 rings (SSSR count). The minimum absolute atomic E-state index is 0. The summed E-state index contributed by atoms with van der Waals surface area (Å²) in [7, 11) is 4.47. The number of esters is 1. The molecule has 0 aliphatic rings. The molecule has 6 aromatic carbocycles. The lowest BCUT2D eigenvalue weighted by Gasteiger charge is -2.18. The van der Waals surface area contributed by atoms with Crippen molar-refractivity contribution in [1.82, 2.24) is 9.97 Å². The van der Waals surface area contributed by atoms with Gasteiger partial charge >= 0.3 is 11.9 Å². The quantitative estimate of drug-likeness (QED) is 0.0986. The number of carbonyl (C=O) groups is 2. The van der Waals surface area contributed by atoms with Gasteiger partial charge in [-0.15, -0.1) is 0 Å². The van der Waals surface area contributed by atoms with Crippen LogP contribution < -0.4 is 14.2 Å². The normalized spacial score (nSPS) is 11.1. The summed E-state index contributed by atoms with van der Waals surface area (Å²) in [5.41, 5.74) is 5.23. The van der Waals surface area contributed by atoms with Gasteiger partial charge in [0.2, 0.25) is 17.9 Å². The number of carbonyl (C=O) groups excluding carboxylic acids is 1. The molecular formula is C48H47Br3N2O10. The maximum Gasteiger partial charge on any atom is 0.349 e. The van der Waals surface area contributed by atoms with Gasteiger partial charge in [-0.2, -0.15) is 0 Å². The Morgan fingerprint density at radius 2 is 1.11 bits per heavy atom. The van der Waals surface area contributed by atoms with Gasteiger partial charge in [-0.3, -0.25) is 4.79 Å². The number of phenols is 1. The van der Waals surface area contributed by atoms with E-state index >= 15 is 0 Å². The summed E-state index contributed by atoms with van der Waals surface area (Å²) in [4.78, 5) is 31.5. The number of hydrogen-bond acceptors (Lipinski definition) is 11. The number of carboxylic acid groups (broad SMARTS) is 1. The van der Waals surface area contributed by atoms with Crippen LogP contribution >= 0.6 is 47.8 Å². The number of nitrogens with zero attached hydrogens (tertiary/aromatic N) is 2. The number of carboxylic acids is 1. The van der Waals surface area contributed by atoms with Crippen LogP contribution in [-0.2, 0) is 14.3 Å². The van der Waals surface area contributed by atoms with Crippen molar-refractivity contribution in [2.75, 3.05) is 21.3 Å². The molecular weight excluding hydrogens is 1000 g/mol. The lowest BCUT2D eigenvalue weighted by atomic mass is 10.1. The van der Waals surface area contributed by atoms with E-state index in [0.717, 1.165) is 25.8 Å². The molecule has 0 saturated heterocycles. The Morgan fingerprint density at radius 3 is 1.63 bits per heavy atom. The first-order valence-electron chi connectivity index (χ1n) is 17.9. The van der Waals surface area contributed by atoms with Crippen molar-refractivity contribution < 1.29 is 47.6 Å². The summed E-state index contributed by atoms with van der Waals surface area (Å²) in [5.74, 6) is 1.09. The Kier molecular flexibility index (Phi) is 19.4. The zero-order chi connectivity index (χ0) is 42.8. The first-order chi connectivity index (χ1) is 29.0. The average Bonchev–Trinajstić information content (AvgIpc) is 3.91. The number of para-hydroxylation sites is 4. The van der Waals surface area contributed by atoms with Gasteiger partial charge in [0.05, 0.1) is 32.5 Å². The second kappa shape index (κ2) is 23.9. The van der Waals surface area contributed by atoms with E-state index in [1.54, 1.807) is 73.8 Å². The molecule has 0 aliphatic heterocycles. The number of aromatic nitrogens is 2. The van der Waals surface area contributed by atoms with Gasteiger partial charge in [-0.1, -0.05) is 119 Å². The number of oxazole rings is 2. The summed E-state index contributed by atoms with van der Waals surface area (Å²) in [5, 5.41) is 19.6. The van der Waals surface area contributed by atoms with E-state index < -0.39 is 16.9 Å². The number of hydrogen-bond donors (Lipinski definition) is 2. The van der Waals surface area contributed by atoms with Gasteiger partial charge in [0.25, 0.3) is 0 Å². The number of aliphatic carboxylic acids is 1. The molecule has 2 unspecified atom stereocenters. The summed E-state index contributed by atoms with van der Waals surface area (Å²) in [6, 6.07) is 39.3. The molecule has 2 N–H and O–H groups in total. The molecule has 12 nitrogen and oxygen atoms in total. The standard InChI is InChI=1S/C22H16BrNO5.C13H8BrNO2.C10H11BrO3.3CH4/c1-27-15-6-4-5-13(11-15)20(22(25)26)28-18-10-9-14(23)12-16(18)21-24-17-7-2-3-8-19(17)29-21;14-8-5-6-11(16)9(7-8)13-15-10-3-1-2-4-12(10)17-13;1-13-8-5-3-4-7(6-8)9(11)10(12)14-2;;;/h2-12,20H,1H3,(H,25,26);1-7,16H;3-6,9H,1-2H3;3*1H4. The first-order valence-corrected chi connectivity index (χ1v) is 20.4. The highest BCUT2D eigenvalue weighted by Gasteiger charge is 2.25. The molecule has 2 heterocycles. The maximum absolute atomic E-state index is 11.9. The summed E-state index contributed by atoms with van der Waals surface area (Å²) < 4.78 is 33.9. The van der Waals surface area contributed by atoms with Crippen molar-refractivity contribution in [1.29, 1.82) is 0 Å². The maximum atomic E-state index is 11.9. The smallest absolute Gasteiger partial charge is 0.349 e. The molecule has 0 radical (unpaired) electrons. The highest BCUT2D eigenvalue weighted by Crippen LogP contribution is 2.37. The highest BCUT2D eigenvalue weighted by molar-refractivity contribution is 9.10. The average molecular weight is 1050 g/mol. The van der Waals surface area contributed by atoms with E-state index in [0.29, 0.717) is 56.7 Å². The number of phenolic OH excluding ortho intramolecular Hbond substituents is 1. The Hall–Kier alpha value is -6.16. The van der Waals surface area contributed by atoms with Crippen LogP contribution in [-0.4, -0.2) is 53.4 Å². The van der Waals surface area contributed by atoms with Gasteiger partial charge in [0.1, 0.15) is 38.9 Å². The summed E-state index contributed by atoms with van der Waals surface area (Å²) in [6.45, 7) is 0. The van der Waals surface area contributed by atoms with E-state index in [2.05, 4.69) is 62.5 Å². The van der Waals surface area contributed by atoms with Crippen LogP contribution in [0.3, 0.4) is 0 Å². The number of ether oxygens (including phenoxy) is 4. The van der Waals surface area contributed by atoms with Gasteiger partial charge in [0, 0.05) is 14.5 Å². The van der Waals surface area contributed by atoms with E-state index in [4.69, 9.17) is 23.0 Å². The zero-order valence-electron chi connectivity index (χ0n) is 32.0. The number of halogens is 3. The van der Waals surface area contributed by atoms with Gasteiger partial charge in [-0.05, 0) is 90.5 Å². The minimum Gasteiger partial charge on any atom is -0.507 e. The second-order valence-corrected chi connectivity index (χ2v) is 15.3. The van der Waals surface area contributed by atoms with Crippen molar-refractivity contribution in [2.45, 2.75) is 33.2 Å². The van der Waals surface area contributed by atoms with Crippen LogP contribution in [0.25, 0.3) is 45.1 Å². The van der Waals surface area contributed by atoms with Gasteiger partial charge < -0.3 is 38.0 Å². The van der Waals surface area contributed by atoms with Crippen molar-refractivity contribution in [2.24, 2.45) is 0 Å². The monoisotopic (exact) mass is 1050 g/mol. The predicted octanol–water partition coefficient (Wildman–Crippen LogP) is 13.6. The fraction of sp³-hybridized carbons (Fsp3) is 0.167. The van der Waals surface area contributed by atoms with Crippen molar-refractivity contribution in [3.05, 3.63) is 154 Å². The molecule has 15 heteroatoms. The third-order valence-electron chi connectivity index (χ3n) is 8.61. The second-order valence-electron chi connectivity index (χ2n) is 12.6. The summed E-state index contributed by atoms with van der Waals surface area (Å²) >= 11 is 10.0.